The minimum absolute atomic E-state index is 0.366. The smallest absolute Gasteiger partial charge is 0.116 e. The average Bonchev–Trinajstić information content (AvgIpc) is 2.56. The van der Waals surface area contributed by atoms with Crippen molar-refractivity contribution >= 4 is 10.8 Å². The fraction of sp³-hybridized carbons (Fsp3) is 0.545. The van der Waals surface area contributed by atoms with Gasteiger partial charge in [0.2, 0.25) is 0 Å². The first-order valence-corrected chi connectivity index (χ1v) is 9.49. The van der Waals surface area contributed by atoms with Crippen molar-refractivity contribution in [3.63, 3.8) is 0 Å². The van der Waals surface area contributed by atoms with Crippen molar-refractivity contribution < 1.29 is 5.11 Å². The third-order valence-corrected chi connectivity index (χ3v) is 4.79. The van der Waals surface area contributed by atoms with Crippen molar-refractivity contribution in [2.45, 2.75) is 78.1 Å². The van der Waals surface area contributed by atoms with Gasteiger partial charge in [-0.3, -0.25) is 0 Å². The third kappa shape index (κ3) is 5.27. The first-order chi connectivity index (χ1) is 11.3. The van der Waals surface area contributed by atoms with Crippen LogP contribution in [0.1, 0.15) is 76.3 Å². The normalized spacial score (nSPS) is 11.2. The largest absolute Gasteiger partial charge is 0.508 e. The molecule has 0 saturated carbocycles. The molecule has 1 N–H and O–H groups in total. The van der Waals surface area contributed by atoms with Crippen LogP contribution in [0, 0.1) is 0 Å². The second-order valence-electron chi connectivity index (χ2n) is 6.73. The van der Waals surface area contributed by atoms with Gasteiger partial charge in [0.15, 0.2) is 0 Å². The van der Waals surface area contributed by atoms with Gasteiger partial charge < -0.3 is 5.11 Å². The second-order valence-corrected chi connectivity index (χ2v) is 6.73. The maximum Gasteiger partial charge on any atom is 0.116 e. The Bertz CT molecular complexity index is 600. The molecule has 1 nitrogen and oxygen atoms in total. The van der Waals surface area contributed by atoms with Gasteiger partial charge in [0.1, 0.15) is 5.75 Å². The van der Waals surface area contributed by atoms with Gasteiger partial charge in [-0.05, 0) is 59.7 Å². The van der Waals surface area contributed by atoms with Crippen LogP contribution in [0.15, 0.2) is 30.3 Å². The van der Waals surface area contributed by atoms with Crippen LogP contribution in [0.4, 0.5) is 0 Å². The van der Waals surface area contributed by atoms with Gasteiger partial charge in [-0.15, -0.1) is 0 Å². The average molecular weight is 312 g/mol. The van der Waals surface area contributed by atoms with Crippen molar-refractivity contribution in [3.8, 4) is 5.75 Å². The highest BCUT2D eigenvalue weighted by Gasteiger charge is 2.08. The van der Waals surface area contributed by atoms with E-state index in [9.17, 15) is 5.11 Å². The second kappa shape index (κ2) is 9.60. The van der Waals surface area contributed by atoms with Crippen molar-refractivity contribution in [2.24, 2.45) is 0 Å². The molecule has 2 aromatic carbocycles. The standard InChI is InChI=1S/C22H32O/c1-3-5-7-9-11-18-13-14-19-17-20(23)15-16-22(19)21(18)12-10-8-6-4-2/h13-17,23H,3-12H2,1-2H3. The molecule has 0 amide bonds. The number of aryl methyl sites for hydroxylation is 2. The number of phenolic OH excluding ortho intramolecular Hbond substituents is 1. The first kappa shape index (κ1) is 17.8. The first-order valence-electron chi connectivity index (χ1n) is 9.49. The summed E-state index contributed by atoms with van der Waals surface area (Å²) < 4.78 is 0. The van der Waals surface area contributed by atoms with Crippen molar-refractivity contribution in [3.05, 3.63) is 41.5 Å². The highest BCUT2D eigenvalue weighted by Crippen LogP contribution is 2.28. The Hall–Kier alpha value is -1.50. The van der Waals surface area contributed by atoms with E-state index in [1.54, 1.807) is 0 Å². The van der Waals surface area contributed by atoms with E-state index in [1.807, 2.05) is 12.1 Å². The van der Waals surface area contributed by atoms with Crippen LogP contribution in [0.25, 0.3) is 10.8 Å². The van der Waals surface area contributed by atoms with Gasteiger partial charge in [-0.1, -0.05) is 70.6 Å². The number of hydrogen-bond acceptors (Lipinski definition) is 1. The van der Waals surface area contributed by atoms with Crippen LogP contribution >= 0.6 is 0 Å². The third-order valence-electron chi connectivity index (χ3n) is 4.79. The van der Waals surface area contributed by atoms with E-state index in [0.29, 0.717) is 5.75 Å². The van der Waals surface area contributed by atoms with Gasteiger partial charge in [0.05, 0.1) is 0 Å². The van der Waals surface area contributed by atoms with Crippen LogP contribution in [0.5, 0.6) is 5.75 Å². The Morgan fingerprint density at radius 3 is 2.13 bits per heavy atom. The van der Waals surface area contributed by atoms with Gasteiger partial charge in [0.25, 0.3) is 0 Å². The van der Waals surface area contributed by atoms with Crippen molar-refractivity contribution in [2.75, 3.05) is 0 Å². The maximum atomic E-state index is 9.74. The van der Waals surface area contributed by atoms with Crippen LogP contribution in [0.3, 0.4) is 0 Å². The van der Waals surface area contributed by atoms with E-state index >= 15 is 0 Å². The number of hydrogen-bond donors (Lipinski definition) is 1. The van der Waals surface area contributed by atoms with Crippen LogP contribution in [0.2, 0.25) is 0 Å². The van der Waals surface area contributed by atoms with Crippen LogP contribution in [-0.4, -0.2) is 5.11 Å². The predicted octanol–water partition coefficient (Wildman–Crippen LogP) is 6.79. The molecule has 2 rings (SSSR count). The summed E-state index contributed by atoms with van der Waals surface area (Å²) in [5.41, 5.74) is 3.05. The lowest BCUT2D eigenvalue weighted by Crippen LogP contribution is -1.97. The molecule has 0 fully saturated rings. The van der Waals surface area contributed by atoms with E-state index < -0.39 is 0 Å². The topological polar surface area (TPSA) is 20.2 Å². The van der Waals surface area contributed by atoms with Crippen molar-refractivity contribution in [1.82, 2.24) is 0 Å². The minimum Gasteiger partial charge on any atom is -0.508 e. The SMILES string of the molecule is CCCCCCc1ccc2cc(O)ccc2c1CCCCCC. The zero-order valence-electron chi connectivity index (χ0n) is 14.9. The molecular formula is C22H32O. The fourth-order valence-electron chi connectivity index (χ4n) is 3.43. The van der Waals surface area contributed by atoms with Gasteiger partial charge in [-0.25, -0.2) is 0 Å². The van der Waals surface area contributed by atoms with Gasteiger partial charge >= 0.3 is 0 Å². The number of rotatable bonds is 10. The summed E-state index contributed by atoms with van der Waals surface area (Å²) in [5, 5.41) is 12.3. The monoisotopic (exact) mass is 312 g/mol. The molecule has 0 aliphatic heterocycles. The summed E-state index contributed by atoms with van der Waals surface area (Å²) >= 11 is 0. The predicted molar refractivity (Wildman–Crippen MR) is 101 cm³/mol. The van der Waals surface area contributed by atoms with E-state index in [2.05, 4.69) is 32.0 Å². The molecular weight excluding hydrogens is 280 g/mol. The Kier molecular flexibility index (Phi) is 7.45. The molecule has 0 aliphatic carbocycles. The van der Waals surface area contributed by atoms with Crippen LogP contribution in [-0.2, 0) is 12.8 Å². The molecule has 0 heterocycles. The Balaban J connectivity index is 2.19. The van der Waals surface area contributed by atoms with E-state index in [1.165, 1.54) is 86.1 Å². The number of unbranched alkanes of at least 4 members (excludes halogenated alkanes) is 6. The quantitative estimate of drug-likeness (QED) is 0.479. The molecule has 0 unspecified atom stereocenters. The lowest BCUT2D eigenvalue weighted by Gasteiger charge is -2.14. The number of phenols is 1. The molecule has 2 aromatic rings. The highest BCUT2D eigenvalue weighted by atomic mass is 16.3. The summed E-state index contributed by atoms with van der Waals surface area (Å²) in [7, 11) is 0. The zero-order valence-corrected chi connectivity index (χ0v) is 14.9. The lowest BCUT2D eigenvalue weighted by atomic mass is 9.91. The molecule has 0 aliphatic rings. The van der Waals surface area contributed by atoms with Crippen molar-refractivity contribution in [1.29, 1.82) is 0 Å². The van der Waals surface area contributed by atoms with Crippen LogP contribution < -0.4 is 0 Å². The molecule has 23 heavy (non-hydrogen) atoms. The van der Waals surface area contributed by atoms with Gasteiger partial charge in [0, 0.05) is 0 Å². The molecule has 1 heteroatoms. The lowest BCUT2D eigenvalue weighted by molar-refractivity contribution is 0.476. The molecule has 126 valence electrons. The van der Waals surface area contributed by atoms with E-state index in [0.717, 1.165) is 0 Å². The number of aromatic hydroxyl groups is 1. The summed E-state index contributed by atoms with van der Waals surface area (Å²) in [6.07, 6.45) is 12.8. The summed E-state index contributed by atoms with van der Waals surface area (Å²) in [6, 6.07) is 10.3. The Labute approximate surface area is 141 Å². The molecule has 0 aromatic heterocycles. The van der Waals surface area contributed by atoms with E-state index in [4.69, 9.17) is 0 Å². The summed E-state index contributed by atoms with van der Waals surface area (Å²) in [4.78, 5) is 0. The molecule has 0 spiro atoms. The van der Waals surface area contributed by atoms with E-state index in [-0.39, 0.29) is 0 Å². The zero-order chi connectivity index (χ0) is 16.5. The minimum atomic E-state index is 0.366. The summed E-state index contributed by atoms with van der Waals surface area (Å²) in [6.45, 7) is 4.53. The molecule has 0 saturated heterocycles. The maximum absolute atomic E-state index is 9.74. The summed E-state index contributed by atoms with van der Waals surface area (Å²) in [5.74, 6) is 0.366. The number of fused-ring (bicyclic) bond motifs is 1. The fourth-order valence-corrected chi connectivity index (χ4v) is 3.43. The molecule has 0 bridgehead atoms. The molecule has 0 radical (unpaired) electrons. The number of benzene rings is 2. The molecule has 0 atom stereocenters. The highest BCUT2D eigenvalue weighted by molar-refractivity contribution is 5.88. The van der Waals surface area contributed by atoms with Gasteiger partial charge in [-0.2, -0.15) is 0 Å². The Morgan fingerprint density at radius 1 is 0.739 bits per heavy atom. The Morgan fingerprint density at radius 2 is 1.43 bits per heavy atom.